The zero-order valence-corrected chi connectivity index (χ0v) is 14.0. The highest BCUT2D eigenvalue weighted by atomic mass is 19.1. The molecule has 0 aliphatic rings. The van der Waals surface area contributed by atoms with Crippen LogP contribution >= 0.6 is 0 Å². The molecule has 0 amide bonds. The van der Waals surface area contributed by atoms with Crippen LogP contribution in [0.4, 0.5) is 4.39 Å². The Hall–Kier alpha value is -2.49. The van der Waals surface area contributed by atoms with Gasteiger partial charge in [-0.2, -0.15) is 0 Å². The number of hydrogen-bond donors (Lipinski definition) is 0. The molecule has 0 N–H and O–H groups in total. The van der Waals surface area contributed by atoms with Crippen molar-refractivity contribution in [3.63, 3.8) is 0 Å². The Kier molecular flexibility index (Phi) is 7.15. The number of aromatic nitrogens is 2. The summed E-state index contributed by atoms with van der Waals surface area (Å²) in [7, 11) is 0. The lowest BCUT2D eigenvalue weighted by molar-refractivity contribution is 0.335. The summed E-state index contributed by atoms with van der Waals surface area (Å²) in [4.78, 5) is 8.83. The summed E-state index contributed by atoms with van der Waals surface area (Å²) in [6.45, 7) is 5.70. The van der Waals surface area contributed by atoms with Crippen LogP contribution in [-0.2, 0) is 0 Å². The van der Waals surface area contributed by atoms with Gasteiger partial charge >= 0.3 is 0 Å². The molecule has 0 saturated carbocycles. The molecular formula is C20H23FN2O. The molecule has 0 aliphatic carbocycles. The molecule has 2 aromatic rings. The number of benzene rings is 1. The molecule has 1 aromatic heterocycles. The maximum Gasteiger partial charge on any atom is 0.119 e. The second-order valence-corrected chi connectivity index (χ2v) is 5.56. The van der Waals surface area contributed by atoms with Crippen LogP contribution in [0.2, 0.25) is 0 Å². The van der Waals surface area contributed by atoms with Crippen molar-refractivity contribution in [2.45, 2.75) is 32.4 Å². The molecule has 1 unspecified atom stereocenters. The van der Waals surface area contributed by atoms with Gasteiger partial charge in [-0.05, 0) is 56.5 Å². The third kappa shape index (κ3) is 5.95. The first-order valence-electron chi connectivity index (χ1n) is 8.16. The van der Waals surface area contributed by atoms with Gasteiger partial charge in [0.05, 0.1) is 30.0 Å². The highest BCUT2D eigenvalue weighted by Gasteiger charge is 2.01. The summed E-state index contributed by atoms with van der Waals surface area (Å²) in [5, 5.41) is 0. The number of ether oxygens (including phenoxy) is 1. The SMILES string of the molecule is C=CCOc1ccc(-c2cnc(C=CCCCC(C)F)cn2)cc1. The molecule has 4 heteroatoms. The van der Waals surface area contributed by atoms with Crippen molar-refractivity contribution in [2.75, 3.05) is 6.61 Å². The van der Waals surface area contributed by atoms with Crippen molar-refractivity contribution in [1.82, 2.24) is 9.97 Å². The molecule has 126 valence electrons. The molecule has 0 spiro atoms. The number of halogens is 1. The average molecular weight is 326 g/mol. The van der Waals surface area contributed by atoms with Gasteiger partial charge < -0.3 is 4.74 Å². The van der Waals surface area contributed by atoms with Gasteiger partial charge in [0, 0.05) is 5.56 Å². The summed E-state index contributed by atoms with van der Waals surface area (Å²) in [6, 6.07) is 7.71. The number of hydrogen-bond acceptors (Lipinski definition) is 3. The molecule has 3 nitrogen and oxygen atoms in total. The normalized spacial score (nSPS) is 12.2. The van der Waals surface area contributed by atoms with Crippen molar-refractivity contribution < 1.29 is 9.13 Å². The van der Waals surface area contributed by atoms with E-state index < -0.39 is 6.17 Å². The van der Waals surface area contributed by atoms with E-state index in [1.54, 1.807) is 25.4 Å². The molecule has 0 radical (unpaired) electrons. The smallest absolute Gasteiger partial charge is 0.119 e. The van der Waals surface area contributed by atoms with Gasteiger partial charge in [-0.1, -0.05) is 18.7 Å². The maximum absolute atomic E-state index is 12.7. The topological polar surface area (TPSA) is 35.0 Å². The van der Waals surface area contributed by atoms with E-state index in [1.165, 1.54) is 0 Å². The first-order chi connectivity index (χ1) is 11.7. The van der Waals surface area contributed by atoms with Crippen molar-refractivity contribution >= 4 is 6.08 Å². The van der Waals surface area contributed by atoms with Gasteiger partial charge in [0.2, 0.25) is 0 Å². The highest BCUT2D eigenvalue weighted by Crippen LogP contribution is 2.20. The van der Waals surface area contributed by atoms with Crippen LogP contribution in [0, 0.1) is 0 Å². The average Bonchev–Trinajstić information content (AvgIpc) is 2.60. The van der Waals surface area contributed by atoms with E-state index in [9.17, 15) is 4.39 Å². The Labute approximate surface area is 142 Å². The molecule has 1 heterocycles. The van der Waals surface area contributed by atoms with Crippen LogP contribution < -0.4 is 4.74 Å². The van der Waals surface area contributed by atoms with Crippen LogP contribution in [0.5, 0.6) is 5.75 Å². The Balaban J connectivity index is 1.91. The van der Waals surface area contributed by atoms with Gasteiger partial charge in [-0.15, -0.1) is 0 Å². The minimum Gasteiger partial charge on any atom is -0.490 e. The molecule has 24 heavy (non-hydrogen) atoms. The molecule has 2 rings (SSSR count). The molecule has 0 saturated heterocycles. The van der Waals surface area contributed by atoms with E-state index in [0.717, 1.165) is 35.5 Å². The molecule has 1 atom stereocenters. The zero-order valence-electron chi connectivity index (χ0n) is 14.0. The fourth-order valence-corrected chi connectivity index (χ4v) is 2.17. The van der Waals surface area contributed by atoms with Crippen molar-refractivity contribution in [3.8, 4) is 17.0 Å². The Morgan fingerprint density at radius 2 is 2.00 bits per heavy atom. The van der Waals surface area contributed by atoms with Crippen LogP contribution in [0.25, 0.3) is 17.3 Å². The van der Waals surface area contributed by atoms with Crippen molar-refractivity contribution in [1.29, 1.82) is 0 Å². The summed E-state index contributed by atoms with van der Waals surface area (Å²) in [6.07, 6.45) is 10.7. The molecular weight excluding hydrogens is 303 g/mol. The van der Waals surface area contributed by atoms with Gasteiger partial charge in [-0.3, -0.25) is 9.97 Å². The van der Waals surface area contributed by atoms with E-state index in [0.29, 0.717) is 13.0 Å². The van der Waals surface area contributed by atoms with Crippen LogP contribution in [0.3, 0.4) is 0 Å². The Bertz CT molecular complexity index is 648. The number of unbranched alkanes of at least 4 members (excludes halogenated alkanes) is 1. The third-order valence-electron chi connectivity index (χ3n) is 3.45. The van der Waals surface area contributed by atoms with Gasteiger partial charge in [0.25, 0.3) is 0 Å². The lowest BCUT2D eigenvalue weighted by Gasteiger charge is -2.05. The lowest BCUT2D eigenvalue weighted by atomic mass is 10.1. The van der Waals surface area contributed by atoms with Gasteiger partial charge in [0.15, 0.2) is 0 Å². The standard InChI is InChI=1S/C20H23FN2O/c1-3-13-24-19-11-9-17(10-12-19)20-15-22-18(14-23-20)8-6-4-5-7-16(2)21/h3,6,8-12,14-16H,1,4-5,7,13H2,2H3. The molecule has 1 aromatic carbocycles. The van der Waals surface area contributed by atoms with Crippen LogP contribution in [-0.4, -0.2) is 22.7 Å². The van der Waals surface area contributed by atoms with Crippen LogP contribution in [0.1, 0.15) is 31.9 Å². The number of nitrogens with zero attached hydrogens (tertiary/aromatic N) is 2. The van der Waals surface area contributed by atoms with E-state index in [-0.39, 0.29) is 0 Å². The minimum atomic E-state index is -0.731. The van der Waals surface area contributed by atoms with E-state index in [2.05, 4.69) is 16.5 Å². The molecule has 0 fully saturated rings. The summed E-state index contributed by atoms with van der Waals surface area (Å²) >= 11 is 0. The predicted molar refractivity (Wildman–Crippen MR) is 96.6 cm³/mol. The third-order valence-corrected chi connectivity index (χ3v) is 3.45. The molecule has 0 aliphatic heterocycles. The van der Waals surface area contributed by atoms with E-state index in [1.807, 2.05) is 36.4 Å². The lowest BCUT2D eigenvalue weighted by Crippen LogP contribution is -1.93. The first-order valence-corrected chi connectivity index (χ1v) is 8.16. The second kappa shape index (κ2) is 9.60. The zero-order chi connectivity index (χ0) is 17.2. The minimum absolute atomic E-state index is 0.491. The van der Waals surface area contributed by atoms with Gasteiger partial charge in [-0.25, -0.2) is 4.39 Å². The summed E-state index contributed by atoms with van der Waals surface area (Å²) < 4.78 is 18.1. The fourth-order valence-electron chi connectivity index (χ4n) is 2.17. The Morgan fingerprint density at radius 1 is 1.21 bits per heavy atom. The van der Waals surface area contributed by atoms with Crippen molar-refractivity contribution in [2.24, 2.45) is 0 Å². The summed E-state index contributed by atoms with van der Waals surface area (Å²) in [5.74, 6) is 0.800. The maximum atomic E-state index is 12.7. The fraction of sp³-hybridized carbons (Fsp3) is 0.300. The Morgan fingerprint density at radius 3 is 2.62 bits per heavy atom. The summed E-state index contributed by atoms with van der Waals surface area (Å²) in [5.41, 5.74) is 2.60. The second-order valence-electron chi connectivity index (χ2n) is 5.56. The monoisotopic (exact) mass is 326 g/mol. The van der Waals surface area contributed by atoms with Crippen molar-refractivity contribution in [3.05, 3.63) is 61.1 Å². The number of allylic oxidation sites excluding steroid dienone is 1. The van der Waals surface area contributed by atoms with Gasteiger partial charge in [0.1, 0.15) is 12.4 Å². The number of rotatable bonds is 9. The predicted octanol–water partition coefficient (Wildman–Crippen LogP) is 5.25. The van der Waals surface area contributed by atoms with Crippen LogP contribution in [0.15, 0.2) is 55.4 Å². The quantitative estimate of drug-likeness (QED) is 0.466. The first kappa shape index (κ1) is 17.9. The molecule has 0 bridgehead atoms. The largest absolute Gasteiger partial charge is 0.490 e. The van der Waals surface area contributed by atoms with E-state index in [4.69, 9.17) is 4.74 Å². The highest BCUT2D eigenvalue weighted by molar-refractivity contribution is 5.59. The number of alkyl halides is 1. The van der Waals surface area contributed by atoms with E-state index >= 15 is 0 Å².